The fraction of sp³-hybridized carbons (Fsp3) is 0. The minimum absolute atomic E-state index is 0. The summed E-state index contributed by atoms with van der Waals surface area (Å²) in [7, 11) is 0. The summed E-state index contributed by atoms with van der Waals surface area (Å²) in [6, 6.07) is 0. The molecule has 0 spiro atoms. The van der Waals surface area contributed by atoms with Gasteiger partial charge in [0, 0.05) is 0 Å². The van der Waals surface area contributed by atoms with Crippen molar-refractivity contribution in [1.82, 2.24) is 0 Å². The second kappa shape index (κ2) is 4.44. The molecule has 5 heavy (non-hydrogen) atoms. The van der Waals surface area contributed by atoms with Crippen LogP contribution in [0.25, 0.3) is 0 Å². The van der Waals surface area contributed by atoms with Gasteiger partial charge in [-0.2, -0.15) is 0 Å². The van der Waals surface area contributed by atoms with E-state index < -0.39 is 18.9 Å². The Morgan fingerprint density at radius 2 is 1.00 bits per heavy atom. The van der Waals surface area contributed by atoms with Crippen molar-refractivity contribution in [3.63, 3.8) is 0 Å². The van der Waals surface area contributed by atoms with Gasteiger partial charge in [-0.05, 0) is 0 Å². The molecule has 0 fully saturated rings. The average Bonchev–Trinajstić information content (AvgIpc) is 0.811. The SMILES string of the molecule is O.[F][Mo]([F])[F]. The van der Waals surface area contributed by atoms with E-state index in [1.165, 1.54) is 0 Å². The average molecular weight is 171 g/mol. The normalized spacial score (nSPS) is 7.20. The Bertz CT molecular complexity index is 11.6. The van der Waals surface area contributed by atoms with Crippen LogP contribution >= 0.6 is 0 Å². The van der Waals surface area contributed by atoms with Crippen LogP contribution in [-0.4, -0.2) is 5.48 Å². The third-order valence-corrected chi connectivity index (χ3v) is 0. The quantitative estimate of drug-likeness (QED) is 0.473. The third-order valence-electron chi connectivity index (χ3n) is 0. The molecular formula is H2F3MoO. The molecule has 0 bridgehead atoms. The maximum atomic E-state index is 9.84. The standard InChI is InChI=1S/3FH.Mo.H2O/h3*1H;;1H2/q;;;+3;/p-3. The first-order chi connectivity index (χ1) is 1.73. The van der Waals surface area contributed by atoms with Crippen LogP contribution in [0.1, 0.15) is 0 Å². The monoisotopic (exact) mass is 173 g/mol. The first kappa shape index (κ1) is 9.06. The van der Waals surface area contributed by atoms with Crippen LogP contribution in [0, 0.1) is 0 Å². The molecule has 5 heteroatoms. The summed E-state index contributed by atoms with van der Waals surface area (Å²) < 4.78 is 29.5. The molecule has 0 aliphatic carbocycles. The molecule has 0 aliphatic rings. The molecule has 0 unspecified atom stereocenters. The fourth-order valence-corrected chi connectivity index (χ4v) is 0. The number of hydrogen-bond donors (Lipinski definition) is 0. The topological polar surface area (TPSA) is 31.5 Å². The zero-order chi connectivity index (χ0) is 3.58. The number of hydrogen-bond acceptors (Lipinski definition) is 0. The van der Waals surface area contributed by atoms with Gasteiger partial charge in [0.05, 0.1) is 0 Å². The van der Waals surface area contributed by atoms with E-state index in [1.807, 2.05) is 0 Å². The summed E-state index contributed by atoms with van der Waals surface area (Å²) in [5, 5.41) is 0. The van der Waals surface area contributed by atoms with Gasteiger partial charge in [-0.3, -0.25) is 0 Å². The van der Waals surface area contributed by atoms with Gasteiger partial charge >= 0.3 is 28.4 Å². The van der Waals surface area contributed by atoms with Gasteiger partial charge in [-0.25, -0.2) is 0 Å². The van der Waals surface area contributed by atoms with Crippen molar-refractivity contribution >= 4 is 0 Å². The Labute approximate surface area is 34.6 Å². The van der Waals surface area contributed by atoms with E-state index in [0.29, 0.717) is 0 Å². The molecule has 0 heterocycles. The van der Waals surface area contributed by atoms with Crippen LogP contribution in [0.3, 0.4) is 0 Å². The predicted molar refractivity (Wildman–Crippen MR) is 6.94 cm³/mol. The predicted octanol–water partition coefficient (Wildman–Crippen LogP) is 0.433. The van der Waals surface area contributed by atoms with E-state index >= 15 is 0 Å². The van der Waals surface area contributed by atoms with Crippen molar-refractivity contribution in [1.29, 1.82) is 0 Å². The van der Waals surface area contributed by atoms with Crippen LogP contribution < -0.4 is 0 Å². The molecule has 35 valence electrons. The summed E-state index contributed by atoms with van der Waals surface area (Å²) in [6.45, 7) is 0. The molecule has 0 aromatic rings. The molecule has 0 aromatic carbocycles. The molecule has 2 N–H and O–H groups in total. The summed E-state index contributed by atoms with van der Waals surface area (Å²) in [5.74, 6) is 0. The van der Waals surface area contributed by atoms with Gasteiger partial charge in [0.15, 0.2) is 0 Å². The van der Waals surface area contributed by atoms with Crippen LogP contribution in [0.5, 0.6) is 0 Å². The summed E-state index contributed by atoms with van der Waals surface area (Å²) in [5.41, 5.74) is 0. The molecule has 0 amide bonds. The molecule has 0 saturated carbocycles. The van der Waals surface area contributed by atoms with E-state index in [9.17, 15) is 9.47 Å². The molecule has 0 rings (SSSR count). The van der Waals surface area contributed by atoms with E-state index in [2.05, 4.69) is 0 Å². The van der Waals surface area contributed by atoms with Crippen LogP contribution in [0.15, 0.2) is 0 Å². The van der Waals surface area contributed by atoms with Crippen molar-refractivity contribution in [3.05, 3.63) is 0 Å². The number of rotatable bonds is 0. The molecule has 0 atom stereocenters. The van der Waals surface area contributed by atoms with E-state index in [4.69, 9.17) is 0 Å². The zero-order valence-electron chi connectivity index (χ0n) is 2.04. The molecule has 1 nitrogen and oxygen atoms in total. The number of halogens is 3. The summed E-state index contributed by atoms with van der Waals surface area (Å²) >= 11 is -4.86. The molecule has 0 aliphatic heterocycles. The molecule has 0 saturated heterocycles. The van der Waals surface area contributed by atoms with Crippen molar-refractivity contribution in [2.24, 2.45) is 0 Å². The second-order valence-electron chi connectivity index (χ2n) is 0.175. The van der Waals surface area contributed by atoms with Crippen molar-refractivity contribution in [2.45, 2.75) is 0 Å². The zero-order valence-corrected chi connectivity index (χ0v) is 4.05. The third kappa shape index (κ3) is 137. The van der Waals surface area contributed by atoms with Crippen LogP contribution in [0.4, 0.5) is 9.47 Å². The first-order valence-corrected chi connectivity index (χ1v) is 2.74. The van der Waals surface area contributed by atoms with E-state index in [0.717, 1.165) is 0 Å². The minimum atomic E-state index is -4.86. The van der Waals surface area contributed by atoms with Gasteiger partial charge in [-0.1, -0.05) is 0 Å². The molecule has 0 aromatic heterocycles. The van der Waals surface area contributed by atoms with Gasteiger partial charge in [0.2, 0.25) is 0 Å². The molecule has 0 radical (unpaired) electrons. The van der Waals surface area contributed by atoms with Gasteiger partial charge in [-0.15, -0.1) is 0 Å². The Morgan fingerprint density at radius 1 is 1.00 bits per heavy atom. The van der Waals surface area contributed by atoms with Gasteiger partial charge in [0.25, 0.3) is 0 Å². The maximum absolute atomic E-state index is 9.84. The Morgan fingerprint density at radius 3 is 1.00 bits per heavy atom. The van der Waals surface area contributed by atoms with E-state index in [-0.39, 0.29) is 5.48 Å². The summed E-state index contributed by atoms with van der Waals surface area (Å²) in [4.78, 5) is 0. The van der Waals surface area contributed by atoms with Crippen molar-refractivity contribution in [3.8, 4) is 0 Å². The summed E-state index contributed by atoms with van der Waals surface area (Å²) in [6.07, 6.45) is 0. The van der Waals surface area contributed by atoms with Gasteiger partial charge in [0.1, 0.15) is 0 Å². The first-order valence-electron chi connectivity index (χ1n) is 0.463. The van der Waals surface area contributed by atoms with Crippen molar-refractivity contribution in [2.75, 3.05) is 0 Å². The van der Waals surface area contributed by atoms with E-state index in [1.54, 1.807) is 0 Å². The second-order valence-corrected chi connectivity index (χ2v) is 1.04. The van der Waals surface area contributed by atoms with Crippen LogP contribution in [-0.2, 0) is 18.9 Å². The Kier molecular flexibility index (Phi) is 8.04. The van der Waals surface area contributed by atoms with Crippen LogP contribution in [0.2, 0.25) is 0 Å². The van der Waals surface area contributed by atoms with Gasteiger partial charge < -0.3 is 5.48 Å². The Balaban J connectivity index is 0. The van der Waals surface area contributed by atoms with Crippen molar-refractivity contribution < 1.29 is 33.8 Å². The Hall–Kier alpha value is 0.438. The fourth-order valence-electron chi connectivity index (χ4n) is 0. The molecular weight excluding hydrogens is 169 g/mol.